The van der Waals surface area contributed by atoms with Crippen LogP contribution in [-0.2, 0) is 4.74 Å². The van der Waals surface area contributed by atoms with Gasteiger partial charge < -0.3 is 9.84 Å². The number of hydrogen-bond acceptors (Lipinski definition) is 2. The van der Waals surface area contributed by atoms with Crippen LogP contribution in [0, 0.1) is 5.41 Å². The van der Waals surface area contributed by atoms with Crippen molar-refractivity contribution in [2.24, 2.45) is 5.41 Å². The van der Waals surface area contributed by atoms with Crippen LogP contribution in [0.15, 0.2) is 0 Å². The van der Waals surface area contributed by atoms with E-state index in [0.29, 0.717) is 0 Å². The van der Waals surface area contributed by atoms with E-state index in [9.17, 15) is 5.11 Å². The Kier molecular flexibility index (Phi) is 3.13. The minimum Gasteiger partial charge on any atom is -0.392 e. The van der Waals surface area contributed by atoms with Crippen molar-refractivity contribution < 1.29 is 9.84 Å². The average Bonchev–Trinajstić information content (AvgIpc) is 2.04. The van der Waals surface area contributed by atoms with Crippen LogP contribution < -0.4 is 0 Å². The maximum absolute atomic E-state index is 9.42. The van der Waals surface area contributed by atoms with Gasteiger partial charge in [0.1, 0.15) is 0 Å². The van der Waals surface area contributed by atoms with Gasteiger partial charge in [0.05, 0.1) is 12.2 Å². The number of aliphatic hydroxyl groups excluding tert-OH is 1. The second-order valence-electron chi connectivity index (χ2n) is 4.29. The zero-order chi connectivity index (χ0) is 9.19. The SMILES string of the molecule is CCCCO[C@H]1C[C@H](O)C1(C)C. The first kappa shape index (κ1) is 10.0. The molecule has 0 heterocycles. The van der Waals surface area contributed by atoms with Gasteiger partial charge in [-0.1, -0.05) is 27.2 Å². The highest BCUT2D eigenvalue weighted by atomic mass is 16.5. The molecular weight excluding hydrogens is 152 g/mol. The van der Waals surface area contributed by atoms with Crippen LogP contribution in [0.1, 0.15) is 40.0 Å². The smallest absolute Gasteiger partial charge is 0.0675 e. The van der Waals surface area contributed by atoms with Crippen molar-refractivity contribution in [3.63, 3.8) is 0 Å². The van der Waals surface area contributed by atoms with Crippen LogP contribution in [0.25, 0.3) is 0 Å². The monoisotopic (exact) mass is 172 g/mol. The lowest BCUT2D eigenvalue weighted by Gasteiger charge is -2.48. The minimum absolute atomic E-state index is 0.0201. The van der Waals surface area contributed by atoms with Crippen LogP contribution in [0.5, 0.6) is 0 Å². The first-order chi connectivity index (χ1) is 5.59. The minimum atomic E-state index is -0.163. The molecule has 0 spiro atoms. The number of hydrogen-bond donors (Lipinski definition) is 1. The summed E-state index contributed by atoms with van der Waals surface area (Å²) in [5.41, 5.74) is -0.0201. The van der Waals surface area contributed by atoms with Gasteiger partial charge in [0, 0.05) is 18.4 Å². The van der Waals surface area contributed by atoms with Gasteiger partial charge in [0.25, 0.3) is 0 Å². The Labute approximate surface area is 74.9 Å². The molecule has 0 radical (unpaired) electrons. The number of aliphatic hydroxyl groups is 1. The number of unbranched alkanes of at least 4 members (excludes halogenated alkanes) is 1. The van der Waals surface area contributed by atoms with E-state index in [-0.39, 0.29) is 17.6 Å². The van der Waals surface area contributed by atoms with Crippen LogP contribution in [-0.4, -0.2) is 23.9 Å². The summed E-state index contributed by atoms with van der Waals surface area (Å²) in [7, 11) is 0. The van der Waals surface area contributed by atoms with Crippen LogP contribution in [0.2, 0.25) is 0 Å². The molecule has 72 valence electrons. The van der Waals surface area contributed by atoms with E-state index in [2.05, 4.69) is 20.8 Å². The van der Waals surface area contributed by atoms with Crippen LogP contribution in [0.4, 0.5) is 0 Å². The molecule has 1 saturated carbocycles. The quantitative estimate of drug-likeness (QED) is 0.657. The van der Waals surface area contributed by atoms with Crippen molar-refractivity contribution >= 4 is 0 Å². The molecular formula is C10H20O2. The summed E-state index contributed by atoms with van der Waals surface area (Å²) in [4.78, 5) is 0. The molecule has 0 aromatic rings. The Morgan fingerprint density at radius 2 is 2.17 bits per heavy atom. The maximum Gasteiger partial charge on any atom is 0.0675 e. The molecule has 2 heteroatoms. The van der Waals surface area contributed by atoms with Crippen molar-refractivity contribution in [3.8, 4) is 0 Å². The fourth-order valence-electron chi connectivity index (χ4n) is 1.52. The standard InChI is InChI=1S/C10H20O2/c1-4-5-6-12-9-7-8(11)10(9,2)3/h8-9,11H,4-7H2,1-3H3/t8-,9-/m0/s1. The first-order valence-corrected chi connectivity index (χ1v) is 4.88. The van der Waals surface area contributed by atoms with E-state index < -0.39 is 0 Å². The lowest BCUT2D eigenvalue weighted by Crippen LogP contribution is -2.54. The number of rotatable bonds is 4. The van der Waals surface area contributed by atoms with Gasteiger partial charge in [-0.15, -0.1) is 0 Å². The predicted octanol–water partition coefficient (Wildman–Crippen LogP) is 1.96. The van der Waals surface area contributed by atoms with E-state index in [1.54, 1.807) is 0 Å². The van der Waals surface area contributed by atoms with Gasteiger partial charge in [-0.2, -0.15) is 0 Å². The lowest BCUT2D eigenvalue weighted by atomic mass is 9.66. The molecule has 2 atom stereocenters. The number of ether oxygens (including phenoxy) is 1. The molecule has 0 aromatic heterocycles. The molecule has 1 aliphatic rings. The molecule has 0 aromatic carbocycles. The van der Waals surface area contributed by atoms with Crippen molar-refractivity contribution in [1.29, 1.82) is 0 Å². The highest BCUT2D eigenvalue weighted by Gasteiger charge is 2.47. The van der Waals surface area contributed by atoms with Gasteiger partial charge in [-0.3, -0.25) is 0 Å². The zero-order valence-electron chi connectivity index (χ0n) is 8.34. The van der Waals surface area contributed by atoms with Crippen molar-refractivity contribution in [1.82, 2.24) is 0 Å². The Morgan fingerprint density at radius 3 is 2.58 bits per heavy atom. The van der Waals surface area contributed by atoms with Crippen LogP contribution in [0.3, 0.4) is 0 Å². The van der Waals surface area contributed by atoms with Gasteiger partial charge in [0.2, 0.25) is 0 Å². The molecule has 1 fully saturated rings. The van der Waals surface area contributed by atoms with Gasteiger partial charge in [-0.05, 0) is 6.42 Å². The summed E-state index contributed by atoms with van der Waals surface area (Å²) in [6.07, 6.45) is 3.23. The van der Waals surface area contributed by atoms with E-state index in [1.807, 2.05) is 0 Å². The molecule has 1 aliphatic carbocycles. The Hall–Kier alpha value is -0.0800. The Bertz CT molecular complexity index is 143. The highest BCUT2D eigenvalue weighted by molar-refractivity contribution is 4.98. The normalized spacial score (nSPS) is 33.0. The fourth-order valence-corrected chi connectivity index (χ4v) is 1.52. The molecule has 1 rings (SSSR count). The van der Waals surface area contributed by atoms with Gasteiger partial charge >= 0.3 is 0 Å². The van der Waals surface area contributed by atoms with E-state index in [4.69, 9.17) is 4.74 Å². The van der Waals surface area contributed by atoms with Crippen molar-refractivity contribution in [3.05, 3.63) is 0 Å². The Balaban J connectivity index is 2.19. The second kappa shape index (κ2) is 3.75. The third-order valence-electron chi connectivity index (χ3n) is 2.94. The predicted molar refractivity (Wildman–Crippen MR) is 49.1 cm³/mol. The average molecular weight is 172 g/mol. The van der Waals surface area contributed by atoms with E-state index in [1.165, 1.54) is 6.42 Å². The maximum atomic E-state index is 9.42. The highest BCUT2D eigenvalue weighted by Crippen LogP contribution is 2.42. The molecule has 0 saturated heterocycles. The van der Waals surface area contributed by atoms with Gasteiger partial charge in [-0.25, -0.2) is 0 Å². The summed E-state index contributed by atoms with van der Waals surface area (Å²) < 4.78 is 5.64. The third kappa shape index (κ3) is 1.80. The summed E-state index contributed by atoms with van der Waals surface area (Å²) in [5.74, 6) is 0. The molecule has 1 N–H and O–H groups in total. The van der Waals surface area contributed by atoms with Crippen molar-refractivity contribution in [2.45, 2.75) is 52.2 Å². The topological polar surface area (TPSA) is 29.5 Å². The summed E-state index contributed by atoms with van der Waals surface area (Å²) >= 11 is 0. The van der Waals surface area contributed by atoms with E-state index in [0.717, 1.165) is 19.4 Å². The summed E-state index contributed by atoms with van der Waals surface area (Å²) in [6, 6.07) is 0. The van der Waals surface area contributed by atoms with Crippen molar-refractivity contribution in [2.75, 3.05) is 6.61 Å². The van der Waals surface area contributed by atoms with Crippen LogP contribution >= 0.6 is 0 Å². The third-order valence-corrected chi connectivity index (χ3v) is 2.94. The lowest BCUT2D eigenvalue weighted by molar-refractivity contribution is -0.175. The fraction of sp³-hybridized carbons (Fsp3) is 1.00. The largest absolute Gasteiger partial charge is 0.392 e. The van der Waals surface area contributed by atoms with E-state index >= 15 is 0 Å². The molecule has 0 bridgehead atoms. The molecule has 0 unspecified atom stereocenters. The summed E-state index contributed by atoms with van der Waals surface area (Å²) in [5, 5.41) is 9.42. The first-order valence-electron chi connectivity index (χ1n) is 4.88. The summed E-state index contributed by atoms with van der Waals surface area (Å²) in [6.45, 7) is 7.14. The van der Waals surface area contributed by atoms with Gasteiger partial charge in [0.15, 0.2) is 0 Å². The molecule has 12 heavy (non-hydrogen) atoms. The zero-order valence-corrected chi connectivity index (χ0v) is 8.34. The second-order valence-corrected chi connectivity index (χ2v) is 4.29. The Morgan fingerprint density at radius 1 is 1.50 bits per heavy atom. The molecule has 2 nitrogen and oxygen atoms in total. The molecule has 0 amide bonds. The molecule has 0 aliphatic heterocycles.